The van der Waals surface area contributed by atoms with Crippen molar-refractivity contribution in [1.82, 2.24) is 15.2 Å². The van der Waals surface area contributed by atoms with Crippen LogP contribution in [0.25, 0.3) is 0 Å². The van der Waals surface area contributed by atoms with Gasteiger partial charge in [0, 0.05) is 26.2 Å². The first-order valence-electron chi connectivity index (χ1n) is 9.67. The average molecular weight is 394 g/mol. The van der Waals surface area contributed by atoms with E-state index in [0.717, 1.165) is 11.4 Å². The molecule has 1 fully saturated rings. The lowest BCUT2D eigenvalue weighted by atomic mass is 10.2. The fourth-order valence-corrected chi connectivity index (χ4v) is 3.33. The maximum atomic E-state index is 14.0. The average Bonchev–Trinajstić information content (AvgIpc) is 2.76. The Hall–Kier alpha value is -3.42. The van der Waals surface area contributed by atoms with Crippen molar-refractivity contribution in [3.63, 3.8) is 0 Å². The number of aromatic nitrogens is 3. The van der Waals surface area contributed by atoms with Gasteiger partial charge in [0.2, 0.25) is 5.95 Å². The van der Waals surface area contributed by atoms with Gasteiger partial charge < -0.3 is 19.9 Å². The normalized spacial score (nSPS) is 14.0. The SMILES string of the molecule is CCOc1ccccc1Nc1cnnc(N2CCN(c3ccccc3F)CC2)n1. The van der Waals surface area contributed by atoms with Crippen molar-refractivity contribution in [3.8, 4) is 5.75 Å². The summed E-state index contributed by atoms with van der Waals surface area (Å²) < 4.78 is 19.7. The van der Waals surface area contributed by atoms with Crippen molar-refractivity contribution in [2.45, 2.75) is 6.92 Å². The molecule has 0 atom stereocenters. The minimum Gasteiger partial charge on any atom is -0.492 e. The van der Waals surface area contributed by atoms with Crippen LogP contribution in [0.3, 0.4) is 0 Å². The molecule has 2 aromatic carbocycles. The third kappa shape index (κ3) is 4.37. The summed E-state index contributed by atoms with van der Waals surface area (Å²) in [5.41, 5.74) is 1.46. The molecule has 0 amide bonds. The summed E-state index contributed by atoms with van der Waals surface area (Å²) in [6.45, 7) is 5.29. The van der Waals surface area contributed by atoms with Crippen LogP contribution in [0.1, 0.15) is 6.92 Å². The zero-order valence-corrected chi connectivity index (χ0v) is 16.3. The van der Waals surface area contributed by atoms with Gasteiger partial charge in [0.1, 0.15) is 11.6 Å². The number of nitrogens with zero attached hydrogens (tertiary/aromatic N) is 5. The summed E-state index contributed by atoms with van der Waals surface area (Å²) in [6, 6.07) is 14.6. The molecule has 0 radical (unpaired) electrons. The Morgan fingerprint density at radius 1 is 1.00 bits per heavy atom. The Balaban J connectivity index is 1.44. The third-order valence-electron chi connectivity index (χ3n) is 4.75. The van der Waals surface area contributed by atoms with Crippen LogP contribution in [-0.4, -0.2) is 48.0 Å². The molecule has 150 valence electrons. The van der Waals surface area contributed by atoms with Crippen LogP contribution in [0.2, 0.25) is 0 Å². The second-order valence-electron chi connectivity index (χ2n) is 6.62. The van der Waals surface area contributed by atoms with Gasteiger partial charge in [0.15, 0.2) is 5.82 Å². The van der Waals surface area contributed by atoms with Crippen LogP contribution in [0.15, 0.2) is 54.7 Å². The monoisotopic (exact) mass is 394 g/mol. The molecule has 4 rings (SSSR count). The highest BCUT2D eigenvalue weighted by Crippen LogP contribution is 2.27. The third-order valence-corrected chi connectivity index (χ3v) is 4.75. The Morgan fingerprint density at radius 2 is 1.72 bits per heavy atom. The zero-order valence-electron chi connectivity index (χ0n) is 16.3. The summed E-state index contributed by atoms with van der Waals surface area (Å²) in [6.07, 6.45) is 1.59. The van der Waals surface area contributed by atoms with Gasteiger partial charge in [0.25, 0.3) is 0 Å². The molecule has 1 saturated heterocycles. The number of piperazine rings is 1. The number of hydrogen-bond acceptors (Lipinski definition) is 7. The molecule has 8 heteroatoms. The topological polar surface area (TPSA) is 66.4 Å². The molecule has 0 bridgehead atoms. The van der Waals surface area contributed by atoms with Crippen molar-refractivity contribution < 1.29 is 9.13 Å². The second kappa shape index (κ2) is 8.72. The summed E-state index contributed by atoms with van der Waals surface area (Å²) in [5.74, 6) is 1.71. The van der Waals surface area contributed by atoms with E-state index >= 15 is 0 Å². The quantitative estimate of drug-likeness (QED) is 0.687. The van der Waals surface area contributed by atoms with Crippen LogP contribution >= 0.6 is 0 Å². The predicted molar refractivity (Wildman–Crippen MR) is 112 cm³/mol. The van der Waals surface area contributed by atoms with E-state index < -0.39 is 0 Å². The van der Waals surface area contributed by atoms with Crippen LogP contribution in [0, 0.1) is 5.82 Å². The van der Waals surface area contributed by atoms with Gasteiger partial charge in [-0.2, -0.15) is 10.1 Å². The molecule has 0 unspecified atom stereocenters. The number of rotatable bonds is 6. The van der Waals surface area contributed by atoms with E-state index in [1.807, 2.05) is 48.2 Å². The number of ether oxygens (including phenoxy) is 1. The first-order valence-corrected chi connectivity index (χ1v) is 9.67. The van der Waals surface area contributed by atoms with E-state index in [1.165, 1.54) is 6.07 Å². The Kier molecular flexibility index (Phi) is 5.69. The zero-order chi connectivity index (χ0) is 20.1. The van der Waals surface area contributed by atoms with Gasteiger partial charge in [-0.15, -0.1) is 5.10 Å². The highest BCUT2D eigenvalue weighted by Gasteiger charge is 2.21. The van der Waals surface area contributed by atoms with Gasteiger partial charge in [-0.25, -0.2) is 4.39 Å². The molecule has 1 aromatic heterocycles. The Morgan fingerprint density at radius 3 is 2.52 bits per heavy atom. The maximum absolute atomic E-state index is 14.0. The van der Waals surface area contributed by atoms with Crippen molar-refractivity contribution >= 4 is 23.1 Å². The molecule has 7 nitrogen and oxygen atoms in total. The number of halogens is 1. The lowest BCUT2D eigenvalue weighted by Gasteiger charge is -2.36. The standard InChI is InChI=1S/C21H23FN6O/c1-2-29-19-10-6-4-8-17(19)24-20-15-23-26-21(25-20)28-13-11-27(12-14-28)18-9-5-3-7-16(18)22/h3-10,15H,2,11-14H2,1H3,(H,24,25,26). The molecular formula is C21H23FN6O. The molecule has 3 aromatic rings. The van der Waals surface area contributed by atoms with E-state index in [0.29, 0.717) is 50.2 Å². The van der Waals surface area contributed by atoms with Gasteiger partial charge in [0.05, 0.1) is 24.2 Å². The van der Waals surface area contributed by atoms with Gasteiger partial charge in [-0.1, -0.05) is 24.3 Å². The maximum Gasteiger partial charge on any atom is 0.247 e. The lowest BCUT2D eigenvalue weighted by molar-refractivity contribution is 0.342. The van der Waals surface area contributed by atoms with Gasteiger partial charge in [-0.3, -0.25) is 0 Å². The minimum absolute atomic E-state index is 0.196. The molecular weight excluding hydrogens is 371 g/mol. The molecule has 29 heavy (non-hydrogen) atoms. The van der Waals surface area contributed by atoms with Crippen LogP contribution in [-0.2, 0) is 0 Å². The first kappa shape index (κ1) is 18.9. The van der Waals surface area contributed by atoms with E-state index in [-0.39, 0.29) is 5.82 Å². The summed E-state index contributed by atoms with van der Waals surface area (Å²) in [7, 11) is 0. The largest absolute Gasteiger partial charge is 0.492 e. The van der Waals surface area contributed by atoms with Crippen LogP contribution < -0.4 is 19.9 Å². The Labute approximate surface area is 169 Å². The van der Waals surface area contributed by atoms with Crippen LogP contribution in [0.4, 0.5) is 27.5 Å². The van der Waals surface area contributed by atoms with Gasteiger partial charge >= 0.3 is 0 Å². The van der Waals surface area contributed by atoms with Crippen molar-refractivity contribution in [2.24, 2.45) is 0 Å². The number of nitrogens with one attached hydrogen (secondary N) is 1. The predicted octanol–water partition coefficient (Wildman–Crippen LogP) is 3.48. The van der Waals surface area contributed by atoms with Crippen molar-refractivity contribution in [1.29, 1.82) is 0 Å². The van der Waals surface area contributed by atoms with Crippen LogP contribution in [0.5, 0.6) is 5.75 Å². The molecule has 1 aliphatic rings. The van der Waals surface area contributed by atoms with Crippen molar-refractivity contribution in [2.75, 3.05) is 47.9 Å². The summed E-state index contributed by atoms with van der Waals surface area (Å²) in [4.78, 5) is 8.70. The van der Waals surface area contributed by atoms with Gasteiger partial charge in [-0.05, 0) is 31.2 Å². The summed E-state index contributed by atoms with van der Waals surface area (Å²) in [5, 5.41) is 11.5. The lowest BCUT2D eigenvalue weighted by Crippen LogP contribution is -2.47. The van der Waals surface area contributed by atoms with E-state index in [9.17, 15) is 4.39 Å². The van der Waals surface area contributed by atoms with E-state index in [4.69, 9.17) is 4.74 Å². The molecule has 0 spiro atoms. The number of hydrogen-bond donors (Lipinski definition) is 1. The second-order valence-corrected chi connectivity index (χ2v) is 6.62. The van der Waals surface area contributed by atoms with E-state index in [1.54, 1.807) is 12.3 Å². The first-order chi connectivity index (χ1) is 14.2. The number of para-hydroxylation sites is 3. The molecule has 0 saturated carbocycles. The van der Waals surface area contributed by atoms with E-state index in [2.05, 4.69) is 25.4 Å². The van der Waals surface area contributed by atoms with Crippen molar-refractivity contribution in [3.05, 3.63) is 60.5 Å². The minimum atomic E-state index is -0.196. The fraction of sp³-hybridized carbons (Fsp3) is 0.286. The summed E-state index contributed by atoms with van der Waals surface area (Å²) >= 11 is 0. The molecule has 0 aliphatic carbocycles. The Bertz CT molecular complexity index is 961. The molecule has 1 aliphatic heterocycles. The molecule has 1 N–H and O–H groups in total. The number of anilines is 4. The fourth-order valence-electron chi connectivity index (χ4n) is 3.33. The number of benzene rings is 2. The highest BCUT2D eigenvalue weighted by atomic mass is 19.1. The highest BCUT2D eigenvalue weighted by molar-refractivity contribution is 5.64. The molecule has 2 heterocycles. The smallest absolute Gasteiger partial charge is 0.247 e.